The lowest BCUT2D eigenvalue weighted by Crippen LogP contribution is -2.32. The summed E-state index contributed by atoms with van der Waals surface area (Å²) in [5.74, 6) is -1.95. The van der Waals surface area contributed by atoms with Crippen LogP contribution in [0.4, 0.5) is 4.39 Å². The van der Waals surface area contributed by atoms with E-state index in [-0.39, 0.29) is 23.4 Å². The van der Waals surface area contributed by atoms with Gasteiger partial charge in [0.25, 0.3) is 11.7 Å². The number of ether oxygens (including phenoxy) is 1. The fraction of sp³-hybridized carbons (Fsp3) is 0.143. The fourth-order valence-electron chi connectivity index (χ4n) is 4.61. The largest absolute Gasteiger partial charge is 0.507 e. The standard InChI is InChI=1S/C28H23FN2O4/c1-35-19-12-10-17(11-13-19)26(32)24-25(21-7-2-4-8-22(21)29)31(28(34)27(24)33)15-14-18-16-30-23-9-5-3-6-20(18)23/h2-13,16,25,30,32H,14-15H2,1H3/t25-/m0/s1. The van der Waals surface area contributed by atoms with E-state index < -0.39 is 23.5 Å². The number of rotatable bonds is 6. The molecule has 1 atom stereocenters. The molecule has 176 valence electrons. The molecule has 1 aromatic heterocycles. The van der Waals surface area contributed by atoms with Crippen LogP contribution in [0.25, 0.3) is 16.7 Å². The Bertz CT molecular complexity index is 1460. The molecule has 5 rings (SSSR count). The van der Waals surface area contributed by atoms with Gasteiger partial charge < -0.3 is 19.7 Å². The Hall–Kier alpha value is -4.39. The zero-order chi connectivity index (χ0) is 24.5. The van der Waals surface area contributed by atoms with E-state index in [0.717, 1.165) is 16.5 Å². The van der Waals surface area contributed by atoms with Crippen molar-refractivity contribution in [1.29, 1.82) is 0 Å². The smallest absolute Gasteiger partial charge is 0.295 e. The van der Waals surface area contributed by atoms with Gasteiger partial charge in [-0.2, -0.15) is 0 Å². The molecular formula is C28H23FN2O4. The highest BCUT2D eigenvalue weighted by Crippen LogP contribution is 2.40. The molecule has 0 radical (unpaired) electrons. The summed E-state index contributed by atoms with van der Waals surface area (Å²) < 4.78 is 20.1. The van der Waals surface area contributed by atoms with Crippen LogP contribution in [0.2, 0.25) is 0 Å². The predicted octanol–water partition coefficient (Wildman–Crippen LogP) is 4.98. The number of aliphatic hydroxyl groups is 1. The number of halogens is 1. The van der Waals surface area contributed by atoms with E-state index in [9.17, 15) is 19.1 Å². The van der Waals surface area contributed by atoms with Crippen LogP contribution in [0.15, 0.2) is 84.6 Å². The minimum Gasteiger partial charge on any atom is -0.507 e. The van der Waals surface area contributed by atoms with Gasteiger partial charge in [0, 0.05) is 34.8 Å². The topological polar surface area (TPSA) is 82.6 Å². The molecule has 2 N–H and O–H groups in total. The second-order valence-electron chi connectivity index (χ2n) is 8.35. The lowest BCUT2D eigenvalue weighted by atomic mass is 9.94. The second-order valence-corrected chi connectivity index (χ2v) is 8.35. The molecule has 1 amide bonds. The third kappa shape index (κ3) is 3.95. The first-order chi connectivity index (χ1) is 17.0. The first kappa shape index (κ1) is 22.4. The van der Waals surface area contributed by atoms with E-state index in [1.165, 1.54) is 24.1 Å². The van der Waals surface area contributed by atoms with Crippen molar-refractivity contribution in [2.75, 3.05) is 13.7 Å². The summed E-state index contributed by atoms with van der Waals surface area (Å²) in [7, 11) is 1.52. The molecule has 0 bridgehead atoms. The summed E-state index contributed by atoms with van der Waals surface area (Å²) in [6, 6.07) is 19.2. The molecule has 2 heterocycles. The van der Waals surface area contributed by atoms with Gasteiger partial charge in [-0.3, -0.25) is 9.59 Å². The van der Waals surface area contributed by atoms with E-state index in [0.29, 0.717) is 17.7 Å². The van der Waals surface area contributed by atoms with Crippen molar-refractivity contribution in [2.24, 2.45) is 0 Å². The normalized spacial score (nSPS) is 17.3. The third-order valence-electron chi connectivity index (χ3n) is 6.40. The number of hydrogen-bond acceptors (Lipinski definition) is 4. The van der Waals surface area contributed by atoms with Gasteiger partial charge in [0.05, 0.1) is 18.7 Å². The van der Waals surface area contributed by atoms with Gasteiger partial charge >= 0.3 is 0 Å². The van der Waals surface area contributed by atoms with Gasteiger partial charge in [-0.05, 0) is 48.4 Å². The van der Waals surface area contributed by atoms with E-state index in [4.69, 9.17) is 4.74 Å². The number of ketones is 1. The van der Waals surface area contributed by atoms with E-state index in [2.05, 4.69) is 4.98 Å². The molecule has 0 unspecified atom stereocenters. The number of aliphatic hydroxyl groups excluding tert-OH is 1. The van der Waals surface area contributed by atoms with Crippen LogP contribution in [0.3, 0.4) is 0 Å². The Kier molecular flexibility index (Phi) is 5.82. The molecule has 0 aliphatic carbocycles. The highest BCUT2D eigenvalue weighted by atomic mass is 19.1. The number of para-hydroxylation sites is 1. The molecule has 1 aliphatic heterocycles. The van der Waals surface area contributed by atoms with Gasteiger partial charge in [0.15, 0.2) is 0 Å². The second kappa shape index (κ2) is 9.10. The SMILES string of the molecule is COc1ccc(C(O)=C2C(=O)C(=O)N(CCc3c[nH]c4ccccc34)[C@H]2c2ccccc2F)cc1. The van der Waals surface area contributed by atoms with Crippen LogP contribution in [0, 0.1) is 5.82 Å². The quantitative estimate of drug-likeness (QED) is 0.237. The maximum absolute atomic E-state index is 15.0. The van der Waals surface area contributed by atoms with E-state index >= 15 is 0 Å². The molecule has 6 nitrogen and oxygen atoms in total. The lowest BCUT2D eigenvalue weighted by molar-refractivity contribution is -0.139. The summed E-state index contributed by atoms with van der Waals surface area (Å²) >= 11 is 0. The Morgan fingerprint density at radius 2 is 1.74 bits per heavy atom. The number of nitrogens with zero attached hydrogens (tertiary/aromatic N) is 1. The van der Waals surface area contributed by atoms with Gasteiger partial charge in [0.1, 0.15) is 17.3 Å². The number of H-pyrrole nitrogens is 1. The van der Waals surface area contributed by atoms with Crippen molar-refractivity contribution in [3.05, 3.63) is 107 Å². The van der Waals surface area contributed by atoms with Crippen LogP contribution in [0.1, 0.15) is 22.7 Å². The average Bonchev–Trinajstić information content (AvgIpc) is 3.41. The Balaban J connectivity index is 1.57. The molecule has 1 aliphatic rings. The predicted molar refractivity (Wildman–Crippen MR) is 130 cm³/mol. The number of Topliss-reactive ketones (excluding diaryl/α,β-unsaturated/α-hetero) is 1. The van der Waals surface area contributed by atoms with Crippen molar-refractivity contribution >= 4 is 28.4 Å². The lowest BCUT2D eigenvalue weighted by Gasteiger charge is -2.25. The zero-order valence-corrected chi connectivity index (χ0v) is 19.0. The van der Waals surface area contributed by atoms with Crippen LogP contribution in [-0.2, 0) is 16.0 Å². The van der Waals surface area contributed by atoms with Crippen LogP contribution < -0.4 is 4.74 Å². The zero-order valence-electron chi connectivity index (χ0n) is 19.0. The molecule has 3 aromatic carbocycles. The summed E-state index contributed by atoms with van der Waals surface area (Å²) in [5.41, 5.74) is 2.30. The monoisotopic (exact) mass is 470 g/mol. The number of aromatic amines is 1. The maximum atomic E-state index is 15.0. The third-order valence-corrected chi connectivity index (χ3v) is 6.40. The first-order valence-corrected chi connectivity index (χ1v) is 11.2. The van der Waals surface area contributed by atoms with Crippen molar-refractivity contribution in [3.63, 3.8) is 0 Å². The van der Waals surface area contributed by atoms with Gasteiger partial charge in [-0.15, -0.1) is 0 Å². The number of likely N-dealkylation sites (tertiary alicyclic amines) is 1. The number of carbonyl (C=O) groups excluding carboxylic acids is 2. The Labute approximate surface area is 201 Å². The molecule has 1 fully saturated rings. The summed E-state index contributed by atoms with van der Waals surface area (Å²) in [5, 5.41) is 12.1. The average molecular weight is 471 g/mol. The summed E-state index contributed by atoms with van der Waals surface area (Å²) in [4.78, 5) is 30.9. The van der Waals surface area contributed by atoms with Crippen molar-refractivity contribution < 1.29 is 23.8 Å². The molecular weight excluding hydrogens is 447 g/mol. The van der Waals surface area contributed by atoms with Gasteiger partial charge in [-0.25, -0.2) is 4.39 Å². The van der Waals surface area contributed by atoms with Crippen molar-refractivity contribution in [3.8, 4) is 5.75 Å². The first-order valence-electron chi connectivity index (χ1n) is 11.2. The van der Waals surface area contributed by atoms with Crippen molar-refractivity contribution in [1.82, 2.24) is 9.88 Å². The summed E-state index contributed by atoms with van der Waals surface area (Å²) in [6.45, 7) is 0.171. The van der Waals surface area contributed by atoms with E-state index in [1.807, 2.05) is 30.5 Å². The van der Waals surface area contributed by atoms with Crippen LogP contribution in [-0.4, -0.2) is 40.3 Å². The molecule has 7 heteroatoms. The van der Waals surface area contributed by atoms with Crippen LogP contribution in [0.5, 0.6) is 5.75 Å². The molecule has 0 saturated carbocycles. The number of amides is 1. The molecule has 1 saturated heterocycles. The number of methoxy groups -OCH3 is 1. The minimum atomic E-state index is -1.05. The van der Waals surface area contributed by atoms with E-state index in [1.54, 1.807) is 36.4 Å². The van der Waals surface area contributed by atoms with Gasteiger partial charge in [-0.1, -0.05) is 36.4 Å². The van der Waals surface area contributed by atoms with Crippen molar-refractivity contribution in [2.45, 2.75) is 12.5 Å². The molecule has 35 heavy (non-hydrogen) atoms. The highest BCUT2D eigenvalue weighted by molar-refractivity contribution is 6.46. The Morgan fingerprint density at radius 1 is 1.03 bits per heavy atom. The van der Waals surface area contributed by atoms with Crippen LogP contribution >= 0.6 is 0 Å². The molecule has 0 spiro atoms. The Morgan fingerprint density at radius 3 is 2.49 bits per heavy atom. The number of fused-ring (bicyclic) bond motifs is 1. The van der Waals surface area contributed by atoms with Gasteiger partial charge in [0.2, 0.25) is 0 Å². The minimum absolute atomic E-state index is 0.135. The summed E-state index contributed by atoms with van der Waals surface area (Å²) in [6.07, 6.45) is 2.32. The number of nitrogens with one attached hydrogen (secondary N) is 1. The fourth-order valence-corrected chi connectivity index (χ4v) is 4.61. The number of aromatic nitrogens is 1. The highest BCUT2D eigenvalue weighted by Gasteiger charge is 2.46. The maximum Gasteiger partial charge on any atom is 0.295 e. The molecule has 4 aromatic rings. The number of carbonyl (C=O) groups is 2. The number of hydrogen-bond donors (Lipinski definition) is 2. The number of benzene rings is 3.